The molecule has 0 bridgehead atoms. The molecule has 1 saturated carbocycles. The second-order valence-electron chi connectivity index (χ2n) is 4.98. The second-order valence-corrected chi connectivity index (χ2v) is 4.98. The Bertz CT molecular complexity index is 241. The van der Waals surface area contributed by atoms with Crippen LogP contribution in [0.5, 0.6) is 0 Å². The molecule has 0 radical (unpaired) electrons. The number of hydrogen-bond acceptors (Lipinski definition) is 3. The molecule has 100 valence electrons. The molecule has 1 aliphatic carbocycles. The molecule has 0 aromatic heterocycles. The lowest BCUT2D eigenvalue weighted by atomic mass is 10.0. The number of amides is 1. The maximum Gasteiger partial charge on any atom is 0.236 e. The van der Waals surface area contributed by atoms with Gasteiger partial charge in [0.05, 0.1) is 6.54 Å². The van der Waals surface area contributed by atoms with Crippen LogP contribution in [0.4, 0.5) is 0 Å². The summed E-state index contributed by atoms with van der Waals surface area (Å²) in [6.07, 6.45) is 3.64. The van der Waals surface area contributed by atoms with Crippen molar-refractivity contribution < 1.29 is 4.79 Å². The van der Waals surface area contributed by atoms with Gasteiger partial charge in [-0.25, -0.2) is 0 Å². The molecule has 0 spiro atoms. The van der Waals surface area contributed by atoms with E-state index in [2.05, 4.69) is 11.9 Å². The van der Waals surface area contributed by atoms with E-state index in [1.807, 2.05) is 18.7 Å². The minimum absolute atomic E-state index is 0.236. The van der Waals surface area contributed by atoms with E-state index in [-0.39, 0.29) is 5.91 Å². The number of carbonyl (C=O) groups excluding carboxylic acids is 1. The fraction of sp³-hybridized carbons (Fsp3) is 0.923. The Morgan fingerprint density at radius 3 is 2.47 bits per heavy atom. The van der Waals surface area contributed by atoms with Crippen molar-refractivity contribution >= 4 is 5.91 Å². The van der Waals surface area contributed by atoms with Gasteiger partial charge in [-0.05, 0) is 46.2 Å². The van der Waals surface area contributed by atoms with Gasteiger partial charge in [-0.15, -0.1) is 0 Å². The highest BCUT2D eigenvalue weighted by Crippen LogP contribution is 2.28. The second kappa shape index (κ2) is 6.97. The zero-order valence-corrected chi connectivity index (χ0v) is 11.5. The molecule has 2 atom stereocenters. The Hall–Kier alpha value is -0.610. The number of carbonyl (C=O) groups is 1. The van der Waals surface area contributed by atoms with Crippen LogP contribution >= 0.6 is 0 Å². The average molecular weight is 241 g/mol. The first-order valence-electron chi connectivity index (χ1n) is 6.82. The van der Waals surface area contributed by atoms with Crippen LogP contribution in [0, 0.1) is 5.92 Å². The van der Waals surface area contributed by atoms with Crippen LogP contribution in [0.25, 0.3) is 0 Å². The highest BCUT2D eigenvalue weighted by Gasteiger charge is 2.30. The van der Waals surface area contributed by atoms with E-state index in [0.29, 0.717) is 18.5 Å². The summed E-state index contributed by atoms with van der Waals surface area (Å²) >= 11 is 0. The van der Waals surface area contributed by atoms with Gasteiger partial charge < -0.3 is 10.6 Å². The first kappa shape index (κ1) is 14.5. The van der Waals surface area contributed by atoms with Crippen LogP contribution in [-0.4, -0.2) is 55.0 Å². The number of hydrogen-bond donors (Lipinski definition) is 1. The first-order chi connectivity index (χ1) is 8.13. The van der Waals surface area contributed by atoms with E-state index >= 15 is 0 Å². The molecule has 2 unspecified atom stereocenters. The molecule has 1 aliphatic rings. The molecule has 1 rings (SSSR count). The van der Waals surface area contributed by atoms with Crippen LogP contribution in [0.15, 0.2) is 0 Å². The monoisotopic (exact) mass is 241 g/mol. The van der Waals surface area contributed by atoms with Crippen molar-refractivity contribution in [2.24, 2.45) is 11.7 Å². The Morgan fingerprint density at radius 2 is 1.94 bits per heavy atom. The van der Waals surface area contributed by atoms with E-state index in [4.69, 9.17) is 5.73 Å². The molecule has 2 N–H and O–H groups in total. The molecule has 1 amide bonds. The molecule has 0 aromatic rings. The van der Waals surface area contributed by atoms with Gasteiger partial charge in [-0.3, -0.25) is 9.69 Å². The summed E-state index contributed by atoms with van der Waals surface area (Å²) in [5, 5.41) is 0. The van der Waals surface area contributed by atoms with Crippen molar-refractivity contribution in [1.82, 2.24) is 9.80 Å². The van der Waals surface area contributed by atoms with Crippen molar-refractivity contribution in [2.45, 2.75) is 39.2 Å². The van der Waals surface area contributed by atoms with Crippen molar-refractivity contribution in [2.75, 3.05) is 33.2 Å². The van der Waals surface area contributed by atoms with Crippen LogP contribution < -0.4 is 5.73 Å². The Balaban J connectivity index is 2.47. The van der Waals surface area contributed by atoms with Crippen LogP contribution in [-0.2, 0) is 4.79 Å². The molecule has 4 heteroatoms. The summed E-state index contributed by atoms with van der Waals surface area (Å²) in [6, 6.07) is 0.500. The van der Waals surface area contributed by atoms with Crippen LogP contribution in [0.2, 0.25) is 0 Å². The molecular formula is C13H27N3O. The minimum Gasteiger partial charge on any atom is -0.342 e. The maximum absolute atomic E-state index is 12.0. The molecule has 17 heavy (non-hydrogen) atoms. The van der Waals surface area contributed by atoms with E-state index < -0.39 is 0 Å². The summed E-state index contributed by atoms with van der Waals surface area (Å²) in [5.74, 6) is 0.810. The molecule has 1 fully saturated rings. The van der Waals surface area contributed by atoms with E-state index in [0.717, 1.165) is 19.6 Å². The summed E-state index contributed by atoms with van der Waals surface area (Å²) in [6.45, 7) is 6.93. The molecular weight excluding hydrogens is 214 g/mol. The average Bonchev–Trinajstić information content (AvgIpc) is 2.78. The zero-order valence-electron chi connectivity index (χ0n) is 11.5. The normalized spacial score (nSPS) is 24.3. The third kappa shape index (κ3) is 3.68. The summed E-state index contributed by atoms with van der Waals surface area (Å²) < 4.78 is 0. The van der Waals surface area contributed by atoms with Gasteiger partial charge in [0.1, 0.15) is 0 Å². The number of rotatable bonds is 6. The number of likely N-dealkylation sites (N-methyl/N-ethyl adjacent to an activating group) is 2. The number of nitrogens with zero attached hydrogens (tertiary/aromatic N) is 2. The van der Waals surface area contributed by atoms with Gasteiger partial charge in [-0.2, -0.15) is 0 Å². The van der Waals surface area contributed by atoms with E-state index in [1.165, 1.54) is 19.3 Å². The minimum atomic E-state index is 0.236. The van der Waals surface area contributed by atoms with Crippen LogP contribution in [0.1, 0.15) is 33.1 Å². The Morgan fingerprint density at radius 1 is 1.29 bits per heavy atom. The Kier molecular flexibility index (Phi) is 5.92. The highest BCUT2D eigenvalue weighted by atomic mass is 16.2. The Labute approximate surface area is 105 Å². The van der Waals surface area contributed by atoms with Gasteiger partial charge in [0, 0.05) is 19.1 Å². The number of nitrogens with two attached hydrogens (primary N) is 1. The van der Waals surface area contributed by atoms with Crippen molar-refractivity contribution in [1.29, 1.82) is 0 Å². The summed E-state index contributed by atoms with van der Waals surface area (Å²) in [7, 11) is 2.06. The van der Waals surface area contributed by atoms with Crippen molar-refractivity contribution in [3.05, 3.63) is 0 Å². The van der Waals surface area contributed by atoms with Gasteiger partial charge in [-0.1, -0.05) is 6.42 Å². The van der Waals surface area contributed by atoms with Crippen molar-refractivity contribution in [3.63, 3.8) is 0 Å². The fourth-order valence-electron chi connectivity index (χ4n) is 2.88. The van der Waals surface area contributed by atoms with E-state index in [9.17, 15) is 4.79 Å². The van der Waals surface area contributed by atoms with E-state index in [1.54, 1.807) is 0 Å². The van der Waals surface area contributed by atoms with Gasteiger partial charge in [0.2, 0.25) is 5.91 Å². The summed E-state index contributed by atoms with van der Waals surface area (Å²) in [5.41, 5.74) is 5.78. The first-order valence-corrected chi connectivity index (χ1v) is 6.82. The highest BCUT2D eigenvalue weighted by molar-refractivity contribution is 5.78. The lowest BCUT2D eigenvalue weighted by Gasteiger charge is -2.30. The fourth-order valence-corrected chi connectivity index (χ4v) is 2.88. The third-order valence-corrected chi connectivity index (χ3v) is 3.99. The van der Waals surface area contributed by atoms with Crippen molar-refractivity contribution in [3.8, 4) is 0 Å². The molecule has 4 nitrogen and oxygen atoms in total. The maximum atomic E-state index is 12.0. The molecule has 0 saturated heterocycles. The van der Waals surface area contributed by atoms with Gasteiger partial charge in [0.15, 0.2) is 0 Å². The predicted octanol–water partition coefficient (Wildman–Crippen LogP) is 0.914. The largest absolute Gasteiger partial charge is 0.342 e. The lowest BCUT2D eigenvalue weighted by molar-refractivity contribution is -0.132. The van der Waals surface area contributed by atoms with Gasteiger partial charge >= 0.3 is 0 Å². The standard InChI is InChI=1S/C13H27N3O/c1-4-16(5-2)13(17)10-15(3)12-8-6-7-11(12)9-14/h11-12H,4-10,14H2,1-3H3. The molecule has 0 aliphatic heterocycles. The zero-order chi connectivity index (χ0) is 12.8. The molecule has 0 heterocycles. The van der Waals surface area contributed by atoms with Gasteiger partial charge in [0.25, 0.3) is 0 Å². The predicted molar refractivity (Wildman–Crippen MR) is 70.7 cm³/mol. The SMILES string of the molecule is CCN(CC)C(=O)CN(C)C1CCCC1CN. The third-order valence-electron chi connectivity index (χ3n) is 3.99. The topological polar surface area (TPSA) is 49.6 Å². The summed E-state index contributed by atoms with van der Waals surface area (Å²) in [4.78, 5) is 16.1. The lowest BCUT2D eigenvalue weighted by Crippen LogP contribution is -2.45. The molecule has 0 aromatic carbocycles. The quantitative estimate of drug-likeness (QED) is 0.752. The smallest absolute Gasteiger partial charge is 0.236 e. The van der Waals surface area contributed by atoms with Crippen LogP contribution in [0.3, 0.4) is 0 Å².